The summed E-state index contributed by atoms with van der Waals surface area (Å²) >= 11 is 1.49. The van der Waals surface area contributed by atoms with Crippen molar-refractivity contribution in [2.45, 2.75) is 19.9 Å². The molecule has 1 heterocycles. The SMILES string of the molecule is Cc1csc(=Nc2ccccc2[N+](=O)[O-])n1C(C)c1ccccc1. The van der Waals surface area contributed by atoms with Gasteiger partial charge in [0.15, 0.2) is 4.80 Å². The van der Waals surface area contributed by atoms with Crippen molar-refractivity contribution in [3.8, 4) is 0 Å². The normalized spacial score (nSPS) is 13.0. The molecule has 0 fully saturated rings. The molecule has 0 N–H and O–H groups in total. The summed E-state index contributed by atoms with van der Waals surface area (Å²) in [5.74, 6) is 0. The predicted octanol–water partition coefficient (Wildman–Crippen LogP) is 4.61. The predicted molar refractivity (Wildman–Crippen MR) is 95.6 cm³/mol. The van der Waals surface area contributed by atoms with E-state index < -0.39 is 4.92 Å². The molecule has 0 saturated heterocycles. The van der Waals surface area contributed by atoms with Crippen LogP contribution in [0.25, 0.3) is 0 Å². The van der Waals surface area contributed by atoms with Gasteiger partial charge in [-0.25, -0.2) is 4.99 Å². The third-order valence-corrected chi connectivity index (χ3v) is 4.84. The van der Waals surface area contributed by atoms with Crippen LogP contribution in [0.2, 0.25) is 0 Å². The molecule has 3 aromatic rings. The summed E-state index contributed by atoms with van der Waals surface area (Å²) in [6.07, 6.45) is 0. The molecule has 0 aliphatic carbocycles. The van der Waals surface area contributed by atoms with Crippen molar-refractivity contribution in [3.05, 3.63) is 86.2 Å². The molecule has 0 bridgehead atoms. The molecule has 6 heteroatoms. The van der Waals surface area contributed by atoms with E-state index in [0.717, 1.165) is 10.5 Å². The average molecular weight is 339 g/mol. The van der Waals surface area contributed by atoms with Crippen molar-refractivity contribution >= 4 is 22.7 Å². The van der Waals surface area contributed by atoms with Gasteiger partial charge < -0.3 is 4.57 Å². The van der Waals surface area contributed by atoms with Crippen molar-refractivity contribution in [2.24, 2.45) is 4.99 Å². The van der Waals surface area contributed by atoms with E-state index in [1.807, 2.05) is 30.5 Å². The molecule has 0 spiro atoms. The molecule has 0 aliphatic rings. The van der Waals surface area contributed by atoms with Gasteiger partial charge in [0.1, 0.15) is 5.69 Å². The Morgan fingerprint density at radius 2 is 1.79 bits per heavy atom. The van der Waals surface area contributed by atoms with E-state index in [-0.39, 0.29) is 11.7 Å². The third kappa shape index (κ3) is 3.14. The van der Waals surface area contributed by atoms with Crippen LogP contribution in [-0.4, -0.2) is 9.49 Å². The first kappa shape index (κ1) is 16.1. The molecule has 0 radical (unpaired) electrons. The Kier molecular flexibility index (Phi) is 4.57. The van der Waals surface area contributed by atoms with Crippen molar-refractivity contribution in [1.29, 1.82) is 0 Å². The largest absolute Gasteiger partial charge is 0.314 e. The first-order valence-electron chi connectivity index (χ1n) is 7.57. The number of nitro benzene ring substituents is 1. The van der Waals surface area contributed by atoms with Gasteiger partial charge in [0.05, 0.1) is 11.0 Å². The van der Waals surface area contributed by atoms with Gasteiger partial charge in [-0.05, 0) is 25.5 Å². The van der Waals surface area contributed by atoms with Crippen molar-refractivity contribution < 1.29 is 4.92 Å². The summed E-state index contributed by atoms with van der Waals surface area (Å²) in [5, 5.41) is 13.2. The molecule has 5 nitrogen and oxygen atoms in total. The van der Waals surface area contributed by atoms with Crippen LogP contribution in [0.4, 0.5) is 11.4 Å². The van der Waals surface area contributed by atoms with E-state index >= 15 is 0 Å². The first-order chi connectivity index (χ1) is 11.6. The molecule has 24 heavy (non-hydrogen) atoms. The first-order valence-corrected chi connectivity index (χ1v) is 8.45. The molecule has 0 saturated carbocycles. The molecule has 1 aromatic heterocycles. The van der Waals surface area contributed by atoms with Gasteiger partial charge in [0, 0.05) is 17.1 Å². The van der Waals surface area contributed by atoms with Crippen molar-refractivity contribution in [3.63, 3.8) is 0 Å². The number of hydrogen-bond acceptors (Lipinski definition) is 4. The van der Waals surface area contributed by atoms with Gasteiger partial charge in [-0.15, -0.1) is 11.3 Å². The smallest absolute Gasteiger partial charge is 0.294 e. The van der Waals surface area contributed by atoms with Crippen LogP contribution >= 0.6 is 11.3 Å². The topological polar surface area (TPSA) is 60.4 Å². The molecule has 1 atom stereocenters. The second-order valence-electron chi connectivity index (χ2n) is 5.47. The summed E-state index contributed by atoms with van der Waals surface area (Å²) in [6.45, 7) is 4.13. The van der Waals surface area contributed by atoms with Gasteiger partial charge in [0.25, 0.3) is 5.69 Å². The number of para-hydroxylation sites is 2. The molecule has 0 aliphatic heterocycles. The van der Waals surface area contributed by atoms with Crippen LogP contribution in [0, 0.1) is 17.0 Å². The van der Waals surface area contributed by atoms with Crippen LogP contribution in [0.3, 0.4) is 0 Å². The Bertz CT molecular complexity index is 929. The number of rotatable bonds is 4. The summed E-state index contributed by atoms with van der Waals surface area (Å²) in [7, 11) is 0. The molecule has 0 amide bonds. The Labute approximate surface area is 143 Å². The average Bonchev–Trinajstić information content (AvgIpc) is 2.95. The Morgan fingerprint density at radius 1 is 1.12 bits per heavy atom. The van der Waals surface area contributed by atoms with Crippen molar-refractivity contribution in [2.75, 3.05) is 0 Å². The lowest BCUT2D eigenvalue weighted by Gasteiger charge is -2.16. The maximum atomic E-state index is 11.2. The lowest BCUT2D eigenvalue weighted by atomic mass is 10.1. The lowest BCUT2D eigenvalue weighted by Crippen LogP contribution is -2.21. The fourth-order valence-corrected chi connectivity index (χ4v) is 3.61. The summed E-state index contributed by atoms with van der Waals surface area (Å²) in [5.41, 5.74) is 2.64. The minimum atomic E-state index is -0.399. The number of aryl methyl sites for hydroxylation is 1. The summed E-state index contributed by atoms with van der Waals surface area (Å²) in [4.78, 5) is 16.1. The van der Waals surface area contributed by atoms with Crippen LogP contribution in [0.15, 0.2) is 65.0 Å². The quantitative estimate of drug-likeness (QED) is 0.515. The van der Waals surface area contributed by atoms with Gasteiger partial charge in [-0.2, -0.15) is 0 Å². The highest BCUT2D eigenvalue weighted by molar-refractivity contribution is 7.07. The summed E-state index contributed by atoms with van der Waals surface area (Å²) in [6, 6.07) is 16.8. The highest BCUT2D eigenvalue weighted by Gasteiger charge is 2.15. The third-order valence-electron chi connectivity index (χ3n) is 3.88. The molecule has 122 valence electrons. The maximum absolute atomic E-state index is 11.2. The number of nitrogens with zero attached hydrogens (tertiary/aromatic N) is 3. The zero-order valence-corrected chi connectivity index (χ0v) is 14.2. The van der Waals surface area contributed by atoms with E-state index in [4.69, 9.17) is 0 Å². The fraction of sp³-hybridized carbons (Fsp3) is 0.167. The van der Waals surface area contributed by atoms with E-state index in [0.29, 0.717) is 5.69 Å². The van der Waals surface area contributed by atoms with Crippen LogP contribution in [0.5, 0.6) is 0 Å². The zero-order chi connectivity index (χ0) is 17.1. The molecule has 2 aromatic carbocycles. The van der Waals surface area contributed by atoms with Gasteiger partial charge in [-0.3, -0.25) is 10.1 Å². The van der Waals surface area contributed by atoms with Gasteiger partial charge in [0.2, 0.25) is 0 Å². The zero-order valence-electron chi connectivity index (χ0n) is 13.4. The number of nitro groups is 1. The number of benzene rings is 2. The Hall–Kier alpha value is -2.73. The fourth-order valence-electron chi connectivity index (χ4n) is 2.65. The maximum Gasteiger partial charge on any atom is 0.294 e. The van der Waals surface area contributed by atoms with E-state index in [9.17, 15) is 10.1 Å². The highest BCUT2D eigenvalue weighted by Crippen LogP contribution is 2.26. The second kappa shape index (κ2) is 6.80. The van der Waals surface area contributed by atoms with E-state index in [1.165, 1.54) is 23.0 Å². The highest BCUT2D eigenvalue weighted by atomic mass is 32.1. The van der Waals surface area contributed by atoms with Crippen molar-refractivity contribution in [1.82, 2.24) is 4.57 Å². The number of thiazole rings is 1. The minimum Gasteiger partial charge on any atom is -0.314 e. The van der Waals surface area contributed by atoms with Crippen LogP contribution in [0.1, 0.15) is 24.2 Å². The Morgan fingerprint density at radius 3 is 2.50 bits per heavy atom. The molecule has 3 rings (SSSR count). The standard InChI is InChI=1S/C18H17N3O2S/c1-13-12-24-18(19-16-10-6-7-11-17(16)21(22)23)20(13)14(2)15-8-4-3-5-9-15/h3-12,14H,1-2H3. The van der Waals surface area contributed by atoms with Crippen LogP contribution in [-0.2, 0) is 0 Å². The van der Waals surface area contributed by atoms with Gasteiger partial charge >= 0.3 is 0 Å². The number of aromatic nitrogens is 1. The monoisotopic (exact) mass is 339 g/mol. The lowest BCUT2D eigenvalue weighted by molar-refractivity contribution is -0.384. The molecular weight excluding hydrogens is 322 g/mol. The number of hydrogen-bond donors (Lipinski definition) is 0. The summed E-state index contributed by atoms with van der Waals surface area (Å²) < 4.78 is 2.11. The molecule has 1 unspecified atom stereocenters. The van der Waals surface area contributed by atoms with E-state index in [1.54, 1.807) is 18.2 Å². The van der Waals surface area contributed by atoms with E-state index in [2.05, 4.69) is 28.6 Å². The second-order valence-corrected chi connectivity index (χ2v) is 6.31. The molecular formula is C18H17N3O2S. The van der Waals surface area contributed by atoms with Crippen LogP contribution < -0.4 is 4.80 Å². The Balaban J connectivity index is 2.13. The minimum absolute atomic E-state index is 0.0162. The van der Waals surface area contributed by atoms with Gasteiger partial charge in [-0.1, -0.05) is 42.5 Å².